The molecular formula is C22H22FN3O2. The van der Waals surface area contributed by atoms with Gasteiger partial charge >= 0.3 is 0 Å². The first-order chi connectivity index (χ1) is 13.7. The second-order valence-corrected chi connectivity index (χ2v) is 6.89. The van der Waals surface area contributed by atoms with Gasteiger partial charge < -0.3 is 9.64 Å². The maximum atomic E-state index is 13.4. The highest BCUT2D eigenvalue weighted by molar-refractivity contribution is 5.94. The summed E-state index contributed by atoms with van der Waals surface area (Å²) in [4.78, 5) is 15.1. The van der Waals surface area contributed by atoms with E-state index in [1.165, 1.54) is 12.1 Å². The lowest BCUT2D eigenvalue weighted by atomic mass is 10.1. The molecule has 1 aromatic heterocycles. The average molecular weight is 379 g/mol. The predicted octanol–water partition coefficient (Wildman–Crippen LogP) is 4.31. The number of hydrogen-bond donors (Lipinski definition) is 0. The molecule has 0 atom stereocenters. The van der Waals surface area contributed by atoms with Crippen LogP contribution in [-0.2, 0) is 0 Å². The molecule has 1 fully saturated rings. The summed E-state index contributed by atoms with van der Waals surface area (Å²) < 4.78 is 20.3. The normalized spacial score (nSPS) is 14.1. The van der Waals surface area contributed by atoms with Crippen LogP contribution in [0.15, 0.2) is 54.6 Å². The Morgan fingerprint density at radius 3 is 2.50 bits per heavy atom. The first-order valence-electron chi connectivity index (χ1n) is 9.45. The summed E-state index contributed by atoms with van der Waals surface area (Å²) in [6, 6.07) is 15.4. The molecule has 28 heavy (non-hydrogen) atoms. The Morgan fingerprint density at radius 1 is 1.04 bits per heavy atom. The smallest absolute Gasteiger partial charge is 0.272 e. The Bertz CT molecular complexity index is 976. The first-order valence-corrected chi connectivity index (χ1v) is 9.45. The second-order valence-electron chi connectivity index (χ2n) is 6.89. The number of carbonyl (C=O) groups excluding carboxylic acids is 1. The van der Waals surface area contributed by atoms with E-state index < -0.39 is 0 Å². The number of rotatable bonds is 4. The van der Waals surface area contributed by atoms with Gasteiger partial charge in [0.1, 0.15) is 17.3 Å². The fourth-order valence-corrected chi connectivity index (χ4v) is 3.50. The van der Waals surface area contributed by atoms with E-state index in [2.05, 4.69) is 5.10 Å². The Morgan fingerprint density at radius 2 is 1.79 bits per heavy atom. The monoisotopic (exact) mass is 379 g/mol. The molecule has 1 amide bonds. The highest BCUT2D eigenvalue weighted by Gasteiger charge is 2.24. The summed E-state index contributed by atoms with van der Waals surface area (Å²) in [5, 5.41) is 4.66. The van der Waals surface area contributed by atoms with Crippen molar-refractivity contribution in [3.8, 4) is 22.7 Å². The zero-order chi connectivity index (χ0) is 19.5. The standard InChI is InChI=1S/C22H22FN3O2/c1-28-19-7-5-6-16(14-19)20-15-21(22(27)25-12-3-2-4-13-25)26(24-20)18-10-8-17(23)9-11-18/h5-11,14-15H,2-4,12-13H2,1H3. The van der Waals surface area contributed by atoms with Gasteiger partial charge in [-0.1, -0.05) is 12.1 Å². The Labute approximate surface area is 163 Å². The van der Waals surface area contributed by atoms with Gasteiger partial charge in [-0.05, 0) is 61.7 Å². The Balaban J connectivity index is 1.79. The molecule has 0 unspecified atom stereocenters. The molecule has 2 aromatic carbocycles. The molecule has 1 aliphatic rings. The van der Waals surface area contributed by atoms with Gasteiger partial charge in [0.25, 0.3) is 5.91 Å². The summed E-state index contributed by atoms with van der Waals surface area (Å²) in [5.74, 6) is 0.344. The molecule has 5 nitrogen and oxygen atoms in total. The molecule has 1 aliphatic heterocycles. The lowest BCUT2D eigenvalue weighted by Gasteiger charge is -2.26. The minimum absolute atomic E-state index is 0.0503. The van der Waals surface area contributed by atoms with Crippen molar-refractivity contribution < 1.29 is 13.9 Å². The molecule has 0 N–H and O–H groups in total. The fourth-order valence-electron chi connectivity index (χ4n) is 3.50. The van der Waals surface area contributed by atoms with E-state index >= 15 is 0 Å². The third kappa shape index (κ3) is 3.63. The van der Waals surface area contributed by atoms with Crippen molar-refractivity contribution >= 4 is 5.91 Å². The van der Waals surface area contributed by atoms with E-state index in [-0.39, 0.29) is 11.7 Å². The van der Waals surface area contributed by atoms with Crippen molar-refractivity contribution in [2.24, 2.45) is 0 Å². The van der Waals surface area contributed by atoms with E-state index in [1.54, 1.807) is 30.0 Å². The number of carbonyl (C=O) groups is 1. The Kier molecular flexibility index (Phi) is 5.10. The number of methoxy groups -OCH3 is 1. The largest absolute Gasteiger partial charge is 0.497 e. The summed E-state index contributed by atoms with van der Waals surface area (Å²) >= 11 is 0. The lowest BCUT2D eigenvalue weighted by molar-refractivity contribution is 0.0715. The third-order valence-electron chi connectivity index (χ3n) is 5.01. The van der Waals surface area contributed by atoms with Gasteiger partial charge in [0, 0.05) is 18.7 Å². The zero-order valence-corrected chi connectivity index (χ0v) is 15.8. The number of hydrogen-bond acceptors (Lipinski definition) is 3. The van der Waals surface area contributed by atoms with Crippen LogP contribution in [0.3, 0.4) is 0 Å². The van der Waals surface area contributed by atoms with Crippen LogP contribution >= 0.6 is 0 Å². The third-order valence-corrected chi connectivity index (χ3v) is 5.01. The molecule has 6 heteroatoms. The van der Waals surface area contributed by atoms with Crippen molar-refractivity contribution in [3.05, 3.63) is 66.1 Å². The molecule has 0 saturated carbocycles. The maximum absolute atomic E-state index is 13.4. The predicted molar refractivity (Wildman–Crippen MR) is 105 cm³/mol. The van der Waals surface area contributed by atoms with Crippen LogP contribution in [0.4, 0.5) is 4.39 Å². The first kappa shape index (κ1) is 18.2. The molecule has 144 valence electrons. The molecule has 2 heterocycles. The number of piperidine rings is 1. The van der Waals surface area contributed by atoms with Crippen LogP contribution in [-0.4, -0.2) is 40.8 Å². The van der Waals surface area contributed by atoms with Crippen molar-refractivity contribution in [1.29, 1.82) is 0 Å². The van der Waals surface area contributed by atoms with Crippen LogP contribution in [0.2, 0.25) is 0 Å². The van der Waals surface area contributed by atoms with Crippen LogP contribution in [0.1, 0.15) is 29.8 Å². The number of nitrogens with zero attached hydrogens (tertiary/aromatic N) is 3. The number of aromatic nitrogens is 2. The SMILES string of the molecule is COc1cccc(-c2cc(C(=O)N3CCCCC3)n(-c3ccc(F)cc3)n2)c1. The summed E-state index contributed by atoms with van der Waals surface area (Å²) in [5.41, 5.74) is 2.65. The van der Waals surface area contributed by atoms with E-state index in [4.69, 9.17) is 4.74 Å². The van der Waals surface area contributed by atoms with E-state index in [0.717, 1.165) is 43.7 Å². The van der Waals surface area contributed by atoms with Crippen molar-refractivity contribution in [3.63, 3.8) is 0 Å². The average Bonchev–Trinajstić information content (AvgIpc) is 3.20. The number of ether oxygens (including phenoxy) is 1. The van der Waals surface area contributed by atoms with E-state index in [0.29, 0.717) is 17.1 Å². The molecule has 3 aromatic rings. The van der Waals surface area contributed by atoms with Crippen molar-refractivity contribution in [2.45, 2.75) is 19.3 Å². The quantitative estimate of drug-likeness (QED) is 0.679. The van der Waals surface area contributed by atoms with E-state index in [9.17, 15) is 9.18 Å². The lowest BCUT2D eigenvalue weighted by Crippen LogP contribution is -2.36. The van der Waals surface area contributed by atoms with Gasteiger partial charge in [0.2, 0.25) is 0 Å². The van der Waals surface area contributed by atoms with Crippen LogP contribution in [0, 0.1) is 5.82 Å². The summed E-state index contributed by atoms with van der Waals surface area (Å²) in [7, 11) is 1.61. The molecule has 4 rings (SSSR count). The zero-order valence-electron chi connectivity index (χ0n) is 15.8. The molecule has 0 aliphatic carbocycles. The molecule has 1 saturated heterocycles. The minimum atomic E-state index is -0.326. The highest BCUT2D eigenvalue weighted by atomic mass is 19.1. The minimum Gasteiger partial charge on any atom is -0.497 e. The topological polar surface area (TPSA) is 47.4 Å². The highest BCUT2D eigenvalue weighted by Crippen LogP contribution is 2.26. The summed E-state index contributed by atoms with van der Waals surface area (Å²) in [6.07, 6.45) is 3.17. The molecule has 0 spiro atoms. The number of benzene rings is 2. The fraction of sp³-hybridized carbons (Fsp3) is 0.273. The number of amides is 1. The maximum Gasteiger partial charge on any atom is 0.272 e. The van der Waals surface area contributed by atoms with Gasteiger partial charge in [-0.3, -0.25) is 4.79 Å². The molecule has 0 bridgehead atoms. The van der Waals surface area contributed by atoms with Gasteiger partial charge in [-0.25, -0.2) is 9.07 Å². The number of likely N-dealkylation sites (tertiary alicyclic amines) is 1. The van der Waals surface area contributed by atoms with Crippen LogP contribution in [0.25, 0.3) is 16.9 Å². The summed E-state index contributed by atoms with van der Waals surface area (Å²) in [6.45, 7) is 1.50. The molecular weight excluding hydrogens is 357 g/mol. The number of halogens is 1. The van der Waals surface area contributed by atoms with Crippen molar-refractivity contribution in [1.82, 2.24) is 14.7 Å². The Hall–Kier alpha value is -3.15. The van der Waals surface area contributed by atoms with Crippen LogP contribution in [0.5, 0.6) is 5.75 Å². The van der Waals surface area contributed by atoms with Crippen molar-refractivity contribution in [2.75, 3.05) is 20.2 Å². The van der Waals surface area contributed by atoms with Gasteiger partial charge in [0.05, 0.1) is 18.5 Å². The van der Waals surface area contributed by atoms with Gasteiger partial charge in [-0.2, -0.15) is 5.10 Å². The molecule has 0 radical (unpaired) electrons. The van der Waals surface area contributed by atoms with Gasteiger partial charge in [-0.15, -0.1) is 0 Å². The van der Waals surface area contributed by atoms with Crippen LogP contribution < -0.4 is 4.74 Å². The van der Waals surface area contributed by atoms with E-state index in [1.807, 2.05) is 29.2 Å². The van der Waals surface area contributed by atoms with Gasteiger partial charge in [0.15, 0.2) is 0 Å². The second kappa shape index (κ2) is 7.84.